The molecule has 6 N–H and O–H groups in total. The van der Waals surface area contributed by atoms with Gasteiger partial charge in [0.25, 0.3) is 0 Å². The Balaban J connectivity index is 4.96. The first kappa shape index (κ1) is 39.2. The van der Waals surface area contributed by atoms with Crippen LogP contribution in [0.5, 0.6) is 0 Å². The van der Waals surface area contributed by atoms with E-state index in [0.717, 1.165) is 38.5 Å². The van der Waals surface area contributed by atoms with Crippen molar-refractivity contribution in [3.8, 4) is 0 Å². The summed E-state index contributed by atoms with van der Waals surface area (Å²) in [6.45, 7) is 5.71. The van der Waals surface area contributed by atoms with Crippen molar-refractivity contribution >= 4 is 17.9 Å². The Hall–Kier alpha value is -1.79. The maximum Gasteiger partial charge on any atom is 0.308 e. The number of carboxylic acids is 1. The van der Waals surface area contributed by atoms with Gasteiger partial charge in [0.2, 0.25) is 0 Å². The van der Waals surface area contributed by atoms with Gasteiger partial charge in [-0.05, 0) is 51.9 Å². The molecule has 0 aliphatic heterocycles. The molecule has 0 fully saturated rings. The minimum Gasteiger partial charge on any atom is -0.481 e. The molecule has 0 saturated carbocycles. The molecule has 0 aliphatic rings. The third kappa shape index (κ3) is 23.5. The predicted molar refractivity (Wildman–Crippen MR) is 153 cm³/mol. The van der Waals surface area contributed by atoms with E-state index < -0.39 is 67.1 Å². The first-order valence-corrected chi connectivity index (χ1v) is 15.4. The Morgan fingerprint density at radius 2 is 1.00 bits per heavy atom. The average Bonchev–Trinajstić information content (AvgIpc) is 2.82. The molecule has 11 nitrogen and oxygen atoms in total. The molecular formula is C30H56O11. The average molecular weight is 593 g/mol. The molecule has 0 saturated heterocycles. The highest BCUT2D eigenvalue weighted by Crippen LogP contribution is 2.19. The van der Waals surface area contributed by atoms with Crippen molar-refractivity contribution in [3.63, 3.8) is 0 Å². The van der Waals surface area contributed by atoms with Crippen molar-refractivity contribution in [1.29, 1.82) is 0 Å². The van der Waals surface area contributed by atoms with Crippen LogP contribution >= 0.6 is 0 Å². The van der Waals surface area contributed by atoms with Gasteiger partial charge in [0.1, 0.15) is 12.2 Å². The Morgan fingerprint density at radius 1 is 0.561 bits per heavy atom. The molecule has 242 valence electrons. The van der Waals surface area contributed by atoms with E-state index in [1.54, 1.807) is 6.92 Å². The van der Waals surface area contributed by atoms with E-state index in [4.69, 9.17) is 14.6 Å². The lowest BCUT2D eigenvalue weighted by molar-refractivity contribution is -0.155. The SMILES string of the molecule is CCCCCC(O)CC(O)CC(=O)O[C@H](CCCCC)C[C@@H](O)CC(=O)OC(CCCC(C)O)CC(O)CC(=O)O. The standard InChI is InChI=1S/C30H56O11/c1-4-6-8-12-22(32)15-23(33)19-29(38)40-26(13-9-7-5-2)17-25(35)20-30(39)41-27(14-10-11-21(3)31)16-24(34)18-28(36)37/h21-27,31-35H,4-20H2,1-3H3,(H,36,37)/t21?,22?,23?,24?,25-,26-,27?/m1/s1. The van der Waals surface area contributed by atoms with Crippen LogP contribution in [0.25, 0.3) is 0 Å². The zero-order valence-electron chi connectivity index (χ0n) is 25.3. The molecule has 7 atom stereocenters. The molecule has 0 radical (unpaired) electrons. The summed E-state index contributed by atoms with van der Waals surface area (Å²) < 4.78 is 11.0. The quantitative estimate of drug-likeness (QED) is 0.0637. The second-order valence-electron chi connectivity index (χ2n) is 11.3. The summed E-state index contributed by atoms with van der Waals surface area (Å²) >= 11 is 0. The lowest BCUT2D eigenvalue weighted by atomic mass is 10.0. The molecule has 0 heterocycles. The van der Waals surface area contributed by atoms with Gasteiger partial charge < -0.3 is 40.1 Å². The van der Waals surface area contributed by atoms with Crippen LogP contribution in [-0.2, 0) is 23.9 Å². The van der Waals surface area contributed by atoms with E-state index in [1.807, 2.05) is 6.92 Å². The van der Waals surface area contributed by atoms with Gasteiger partial charge in [-0.25, -0.2) is 0 Å². The van der Waals surface area contributed by atoms with E-state index in [-0.39, 0.29) is 32.1 Å². The lowest BCUT2D eigenvalue weighted by Gasteiger charge is -2.23. The van der Waals surface area contributed by atoms with Crippen molar-refractivity contribution in [2.75, 3.05) is 0 Å². The van der Waals surface area contributed by atoms with E-state index in [9.17, 15) is 39.9 Å². The Labute approximate surface area is 245 Å². The fraction of sp³-hybridized carbons (Fsp3) is 0.900. The van der Waals surface area contributed by atoms with Gasteiger partial charge in [0, 0.05) is 12.8 Å². The number of unbranched alkanes of at least 4 members (excludes halogenated alkanes) is 4. The van der Waals surface area contributed by atoms with Crippen molar-refractivity contribution in [1.82, 2.24) is 0 Å². The highest BCUT2D eigenvalue weighted by atomic mass is 16.6. The van der Waals surface area contributed by atoms with Crippen molar-refractivity contribution in [2.45, 2.75) is 173 Å². The zero-order chi connectivity index (χ0) is 31.2. The molecule has 5 unspecified atom stereocenters. The van der Waals surface area contributed by atoms with Crippen LogP contribution in [0.15, 0.2) is 0 Å². The number of esters is 2. The lowest BCUT2D eigenvalue weighted by Crippen LogP contribution is -2.30. The Kier molecular flexibility index (Phi) is 22.7. The number of carboxylic acid groups (broad SMARTS) is 1. The largest absolute Gasteiger partial charge is 0.481 e. The monoisotopic (exact) mass is 592 g/mol. The molecule has 11 heteroatoms. The highest BCUT2D eigenvalue weighted by Gasteiger charge is 2.26. The van der Waals surface area contributed by atoms with Gasteiger partial charge in [-0.1, -0.05) is 46.0 Å². The van der Waals surface area contributed by atoms with Crippen LogP contribution in [-0.4, -0.2) is 91.3 Å². The molecule has 0 bridgehead atoms. The Morgan fingerprint density at radius 3 is 1.46 bits per heavy atom. The Bertz CT molecular complexity index is 700. The third-order valence-electron chi connectivity index (χ3n) is 6.84. The molecule has 0 amide bonds. The van der Waals surface area contributed by atoms with Gasteiger partial charge in [0.05, 0.1) is 49.8 Å². The van der Waals surface area contributed by atoms with Crippen LogP contribution in [0, 0.1) is 0 Å². The number of carbonyl (C=O) groups is 3. The first-order chi connectivity index (χ1) is 19.4. The van der Waals surface area contributed by atoms with E-state index in [0.29, 0.717) is 32.1 Å². The van der Waals surface area contributed by atoms with Gasteiger partial charge in [-0.3, -0.25) is 14.4 Å². The summed E-state index contributed by atoms with van der Waals surface area (Å²) in [4.78, 5) is 36.0. The van der Waals surface area contributed by atoms with Crippen molar-refractivity contribution < 1.29 is 54.5 Å². The van der Waals surface area contributed by atoms with Gasteiger partial charge in [-0.2, -0.15) is 0 Å². The molecule has 41 heavy (non-hydrogen) atoms. The summed E-state index contributed by atoms with van der Waals surface area (Å²) in [7, 11) is 0. The summed E-state index contributed by atoms with van der Waals surface area (Å²) in [6, 6.07) is 0. The van der Waals surface area contributed by atoms with Crippen molar-refractivity contribution in [3.05, 3.63) is 0 Å². The minimum atomic E-state index is -1.21. The fourth-order valence-corrected chi connectivity index (χ4v) is 4.69. The summed E-state index contributed by atoms with van der Waals surface area (Å²) in [5.41, 5.74) is 0. The number of hydrogen-bond acceptors (Lipinski definition) is 10. The minimum absolute atomic E-state index is 0.00533. The van der Waals surface area contributed by atoms with E-state index in [1.165, 1.54) is 0 Å². The second-order valence-corrected chi connectivity index (χ2v) is 11.3. The normalized spacial score (nSPS) is 16.7. The van der Waals surface area contributed by atoms with Crippen LogP contribution in [0.1, 0.15) is 130 Å². The molecule has 0 rings (SSSR count). The molecule has 0 spiro atoms. The van der Waals surface area contributed by atoms with Crippen LogP contribution in [0.4, 0.5) is 0 Å². The maximum absolute atomic E-state index is 12.6. The number of rotatable bonds is 26. The summed E-state index contributed by atoms with van der Waals surface area (Å²) in [5.74, 6) is -2.55. The molecule has 0 aromatic carbocycles. The number of aliphatic hydroxyl groups is 5. The number of carbonyl (C=O) groups excluding carboxylic acids is 2. The first-order valence-electron chi connectivity index (χ1n) is 15.4. The predicted octanol–water partition coefficient (Wildman–Crippen LogP) is 3.39. The van der Waals surface area contributed by atoms with Gasteiger partial charge >= 0.3 is 17.9 Å². The number of hydrogen-bond donors (Lipinski definition) is 6. The van der Waals surface area contributed by atoms with Crippen LogP contribution in [0.2, 0.25) is 0 Å². The topological polar surface area (TPSA) is 191 Å². The second kappa shape index (κ2) is 23.7. The van der Waals surface area contributed by atoms with E-state index in [2.05, 4.69) is 6.92 Å². The maximum atomic E-state index is 12.6. The summed E-state index contributed by atoms with van der Waals surface area (Å²) in [6.07, 6.45) is 0.439. The molecule has 0 aromatic heterocycles. The molecule has 0 aromatic rings. The number of aliphatic carboxylic acids is 1. The van der Waals surface area contributed by atoms with Crippen LogP contribution in [0.3, 0.4) is 0 Å². The third-order valence-corrected chi connectivity index (χ3v) is 6.84. The molecule has 0 aliphatic carbocycles. The van der Waals surface area contributed by atoms with Crippen molar-refractivity contribution in [2.24, 2.45) is 0 Å². The fourth-order valence-electron chi connectivity index (χ4n) is 4.69. The van der Waals surface area contributed by atoms with Gasteiger partial charge in [0.15, 0.2) is 0 Å². The van der Waals surface area contributed by atoms with E-state index >= 15 is 0 Å². The van der Waals surface area contributed by atoms with Gasteiger partial charge in [-0.15, -0.1) is 0 Å². The number of aliphatic hydroxyl groups excluding tert-OH is 5. The smallest absolute Gasteiger partial charge is 0.308 e. The zero-order valence-corrected chi connectivity index (χ0v) is 25.3. The molecular weight excluding hydrogens is 536 g/mol. The number of ether oxygens (including phenoxy) is 2. The summed E-state index contributed by atoms with van der Waals surface area (Å²) in [5, 5.41) is 59.3. The highest BCUT2D eigenvalue weighted by molar-refractivity contribution is 5.71. The van der Waals surface area contributed by atoms with Crippen LogP contribution < -0.4 is 0 Å².